The summed E-state index contributed by atoms with van der Waals surface area (Å²) in [6.07, 6.45) is 2.35. The average Bonchev–Trinajstić information content (AvgIpc) is 3.49. The number of hydrogen-bond acceptors (Lipinski definition) is 4. The number of hydroxylamine groups is 2. The van der Waals surface area contributed by atoms with Crippen LogP contribution in [0.5, 0.6) is 11.5 Å². The predicted octanol–water partition coefficient (Wildman–Crippen LogP) is 3.84. The number of nitrogens with zero attached hydrogens (tertiary/aromatic N) is 1. The first-order chi connectivity index (χ1) is 13.0. The van der Waals surface area contributed by atoms with Gasteiger partial charge in [0.05, 0.1) is 6.10 Å². The number of benzene rings is 2. The van der Waals surface area contributed by atoms with Crippen molar-refractivity contribution >= 4 is 5.96 Å². The van der Waals surface area contributed by atoms with Gasteiger partial charge in [0.15, 0.2) is 6.73 Å². The summed E-state index contributed by atoms with van der Waals surface area (Å²) >= 11 is 0. The van der Waals surface area contributed by atoms with Gasteiger partial charge in [-0.3, -0.25) is 10.2 Å². The van der Waals surface area contributed by atoms with Crippen LogP contribution in [0.3, 0.4) is 0 Å². The molecule has 1 saturated carbocycles. The first-order valence-electron chi connectivity index (χ1n) is 9.21. The van der Waals surface area contributed by atoms with Gasteiger partial charge in [0, 0.05) is 6.07 Å². The number of ether oxygens (including phenoxy) is 2. The third-order valence-electron chi connectivity index (χ3n) is 4.47. The quantitative estimate of drug-likeness (QED) is 0.304. The van der Waals surface area contributed by atoms with E-state index in [9.17, 15) is 0 Å². The van der Waals surface area contributed by atoms with Crippen molar-refractivity contribution in [2.24, 2.45) is 11.7 Å². The Balaban J connectivity index is 1.58. The molecule has 27 heavy (non-hydrogen) atoms. The standard InChI is InChI=1S/C21H27N3O3/c1-15-10-19(25-13-17-6-4-3-5-7-17)12-20(11-15)26-14-24(21(22)23)27-16(2)18-8-9-18/h3-7,10-12,16,18H,8-9,13-14H2,1-2H3,(H3,22,23). The summed E-state index contributed by atoms with van der Waals surface area (Å²) in [6.45, 7) is 4.52. The first-order valence-corrected chi connectivity index (χ1v) is 9.21. The molecule has 144 valence electrons. The number of nitrogens with one attached hydrogen (secondary N) is 1. The second-order valence-electron chi connectivity index (χ2n) is 6.94. The average molecular weight is 369 g/mol. The van der Waals surface area contributed by atoms with Gasteiger partial charge in [0.25, 0.3) is 0 Å². The van der Waals surface area contributed by atoms with Crippen LogP contribution in [0.25, 0.3) is 0 Å². The highest BCUT2D eigenvalue weighted by Gasteiger charge is 2.31. The fraction of sp³-hybridized carbons (Fsp3) is 0.381. The summed E-state index contributed by atoms with van der Waals surface area (Å²) in [5, 5.41) is 8.98. The van der Waals surface area contributed by atoms with E-state index in [-0.39, 0.29) is 18.8 Å². The van der Waals surface area contributed by atoms with Gasteiger partial charge in [-0.25, -0.2) is 0 Å². The summed E-state index contributed by atoms with van der Waals surface area (Å²) in [6, 6.07) is 15.7. The zero-order valence-electron chi connectivity index (χ0n) is 15.9. The molecule has 1 fully saturated rings. The van der Waals surface area contributed by atoms with E-state index in [4.69, 9.17) is 25.5 Å². The first kappa shape index (κ1) is 19.0. The molecule has 0 aromatic heterocycles. The van der Waals surface area contributed by atoms with E-state index in [0.29, 0.717) is 18.3 Å². The lowest BCUT2D eigenvalue weighted by molar-refractivity contribution is -0.175. The van der Waals surface area contributed by atoms with Crippen molar-refractivity contribution in [1.29, 1.82) is 5.41 Å². The largest absolute Gasteiger partial charge is 0.489 e. The molecule has 0 aliphatic heterocycles. The van der Waals surface area contributed by atoms with Gasteiger partial charge in [-0.1, -0.05) is 30.3 Å². The number of guanidine groups is 1. The van der Waals surface area contributed by atoms with Crippen LogP contribution in [0.2, 0.25) is 0 Å². The third-order valence-corrected chi connectivity index (χ3v) is 4.47. The van der Waals surface area contributed by atoms with E-state index in [0.717, 1.165) is 29.7 Å². The molecule has 0 bridgehead atoms. The Labute approximate surface area is 160 Å². The van der Waals surface area contributed by atoms with Crippen LogP contribution in [-0.4, -0.2) is 23.9 Å². The summed E-state index contributed by atoms with van der Waals surface area (Å²) in [5.41, 5.74) is 7.75. The Bertz CT molecular complexity index is 763. The van der Waals surface area contributed by atoms with Crippen molar-refractivity contribution in [1.82, 2.24) is 5.06 Å². The van der Waals surface area contributed by atoms with Crippen LogP contribution in [0, 0.1) is 18.3 Å². The minimum absolute atomic E-state index is 0.0276. The molecule has 2 aromatic rings. The highest BCUT2D eigenvalue weighted by molar-refractivity contribution is 5.73. The maximum atomic E-state index is 7.69. The van der Waals surface area contributed by atoms with Crippen LogP contribution in [-0.2, 0) is 11.4 Å². The van der Waals surface area contributed by atoms with Crippen LogP contribution in [0.15, 0.2) is 48.5 Å². The molecule has 6 heteroatoms. The Hall–Kier alpha value is -2.73. The highest BCUT2D eigenvalue weighted by atomic mass is 16.7. The van der Waals surface area contributed by atoms with Crippen molar-refractivity contribution in [3.8, 4) is 11.5 Å². The Morgan fingerprint density at radius 1 is 1.15 bits per heavy atom. The van der Waals surface area contributed by atoms with Crippen molar-refractivity contribution in [3.05, 3.63) is 59.7 Å². The monoisotopic (exact) mass is 369 g/mol. The third kappa shape index (κ3) is 5.89. The smallest absolute Gasteiger partial charge is 0.216 e. The predicted molar refractivity (Wildman–Crippen MR) is 104 cm³/mol. The number of rotatable bonds is 9. The van der Waals surface area contributed by atoms with Crippen molar-refractivity contribution in [3.63, 3.8) is 0 Å². The van der Waals surface area contributed by atoms with Gasteiger partial charge in [-0.05, 0) is 55.9 Å². The van der Waals surface area contributed by atoms with Crippen molar-refractivity contribution < 1.29 is 14.3 Å². The molecule has 1 aliphatic rings. The molecule has 0 amide bonds. The van der Waals surface area contributed by atoms with Gasteiger partial charge in [-0.15, -0.1) is 0 Å². The normalized spacial score (nSPS) is 14.4. The number of hydrogen-bond donors (Lipinski definition) is 2. The summed E-state index contributed by atoms with van der Waals surface area (Å²) in [5.74, 6) is 1.75. The lowest BCUT2D eigenvalue weighted by Crippen LogP contribution is -2.41. The van der Waals surface area contributed by atoms with Gasteiger partial charge in [0.2, 0.25) is 5.96 Å². The minimum atomic E-state index is -0.171. The Morgan fingerprint density at radius 2 is 1.81 bits per heavy atom. The van der Waals surface area contributed by atoms with Gasteiger partial charge >= 0.3 is 0 Å². The zero-order chi connectivity index (χ0) is 19.2. The number of aryl methyl sites for hydroxylation is 1. The molecule has 0 heterocycles. The zero-order valence-corrected chi connectivity index (χ0v) is 15.9. The van der Waals surface area contributed by atoms with Crippen LogP contribution in [0.1, 0.15) is 30.9 Å². The van der Waals surface area contributed by atoms with Gasteiger partial charge in [-0.2, -0.15) is 5.06 Å². The SMILES string of the molecule is Cc1cc(OCc2ccccc2)cc(OCN(OC(C)C2CC2)C(=N)N)c1. The Morgan fingerprint density at radius 3 is 2.44 bits per heavy atom. The topological polar surface area (TPSA) is 80.8 Å². The molecule has 0 radical (unpaired) electrons. The molecule has 0 saturated heterocycles. The summed E-state index contributed by atoms with van der Waals surface area (Å²) < 4.78 is 11.7. The molecular weight excluding hydrogens is 342 g/mol. The fourth-order valence-corrected chi connectivity index (χ4v) is 2.76. The van der Waals surface area contributed by atoms with Crippen molar-refractivity contribution in [2.75, 3.05) is 6.73 Å². The van der Waals surface area contributed by atoms with Crippen molar-refractivity contribution in [2.45, 2.75) is 39.4 Å². The van der Waals surface area contributed by atoms with E-state index in [1.165, 1.54) is 5.06 Å². The highest BCUT2D eigenvalue weighted by Crippen LogP contribution is 2.34. The molecule has 6 nitrogen and oxygen atoms in total. The summed E-state index contributed by atoms with van der Waals surface area (Å²) in [4.78, 5) is 5.75. The van der Waals surface area contributed by atoms with E-state index >= 15 is 0 Å². The molecule has 1 unspecified atom stereocenters. The molecular formula is C21H27N3O3. The van der Waals surface area contributed by atoms with E-state index in [1.54, 1.807) is 0 Å². The maximum Gasteiger partial charge on any atom is 0.216 e. The van der Waals surface area contributed by atoms with Crippen LogP contribution < -0.4 is 15.2 Å². The van der Waals surface area contributed by atoms with E-state index < -0.39 is 0 Å². The number of nitrogens with two attached hydrogens (primary N) is 1. The molecule has 1 atom stereocenters. The van der Waals surface area contributed by atoms with Crippen LogP contribution >= 0.6 is 0 Å². The lowest BCUT2D eigenvalue weighted by Gasteiger charge is -2.25. The second kappa shape index (κ2) is 8.77. The molecule has 1 aliphatic carbocycles. The molecule has 0 spiro atoms. The molecule has 3 N–H and O–H groups in total. The van der Waals surface area contributed by atoms with E-state index in [2.05, 4.69) is 0 Å². The van der Waals surface area contributed by atoms with Crippen LogP contribution in [0.4, 0.5) is 0 Å². The second-order valence-corrected chi connectivity index (χ2v) is 6.94. The van der Waals surface area contributed by atoms with Gasteiger partial charge in [0.1, 0.15) is 18.1 Å². The molecule has 3 rings (SSSR count). The Kier molecular flexibility index (Phi) is 6.19. The molecule has 2 aromatic carbocycles. The summed E-state index contributed by atoms with van der Waals surface area (Å²) in [7, 11) is 0. The maximum absolute atomic E-state index is 7.69. The van der Waals surface area contributed by atoms with E-state index in [1.807, 2.05) is 62.4 Å². The fourth-order valence-electron chi connectivity index (χ4n) is 2.76. The lowest BCUT2D eigenvalue weighted by atomic mass is 10.2. The van der Waals surface area contributed by atoms with Gasteiger partial charge < -0.3 is 15.2 Å². The minimum Gasteiger partial charge on any atom is -0.489 e.